The summed E-state index contributed by atoms with van der Waals surface area (Å²) in [4.78, 5) is 15.7. The maximum atomic E-state index is 11.5. The van der Waals surface area contributed by atoms with Crippen molar-refractivity contribution in [1.29, 1.82) is 0 Å². The zero-order valence-electron chi connectivity index (χ0n) is 8.92. The third-order valence-electron chi connectivity index (χ3n) is 2.50. The Kier molecular flexibility index (Phi) is 2.67. The van der Waals surface area contributed by atoms with Gasteiger partial charge < -0.3 is 5.73 Å². The Morgan fingerprint density at radius 1 is 1.65 bits per heavy atom. The standard InChI is InChI=1S/C9H11N5OS2/c10-7-11-5(3-16-7)4-17-9-13-12-8(15)14(9)6-1-2-6/h3,6H,1-2,4H2,(H2,10,11)(H,12,15). The Bertz CT molecular complexity index is 582. The highest BCUT2D eigenvalue weighted by Crippen LogP contribution is 2.36. The number of aromatic nitrogens is 4. The van der Waals surface area contributed by atoms with Crippen LogP contribution in [0.2, 0.25) is 0 Å². The molecule has 90 valence electrons. The van der Waals surface area contributed by atoms with Crippen molar-refractivity contribution in [1.82, 2.24) is 19.7 Å². The molecule has 2 aromatic rings. The van der Waals surface area contributed by atoms with Crippen LogP contribution in [0.5, 0.6) is 0 Å². The Morgan fingerprint density at radius 2 is 2.47 bits per heavy atom. The molecule has 0 amide bonds. The summed E-state index contributed by atoms with van der Waals surface area (Å²) in [7, 11) is 0. The van der Waals surface area contributed by atoms with Crippen LogP contribution >= 0.6 is 23.1 Å². The van der Waals surface area contributed by atoms with Gasteiger partial charge in [-0.3, -0.25) is 4.57 Å². The van der Waals surface area contributed by atoms with Gasteiger partial charge in [-0.25, -0.2) is 14.9 Å². The lowest BCUT2D eigenvalue weighted by atomic mass is 10.6. The number of nitrogen functional groups attached to an aromatic ring is 1. The van der Waals surface area contributed by atoms with E-state index in [0.717, 1.165) is 23.7 Å². The van der Waals surface area contributed by atoms with Crippen molar-refractivity contribution in [2.75, 3.05) is 5.73 Å². The monoisotopic (exact) mass is 269 g/mol. The van der Waals surface area contributed by atoms with Crippen molar-refractivity contribution in [2.24, 2.45) is 0 Å². The molecular weight excluding hydrogens is 258 g/mol. The summed E-state index contributed by atoms with van der Waals surface area (Å²) in [5.41, 5.74) is 6.37. The van der Waals surface area contributed by atoms with E-state index in [2.05, 4.69) is 15.2 Å². The van der Waals surface area contributed by atoms with Crippen molar-refractivity contribution >= 4 is 28.2 Å². The van der Waals surface area contributed by atoms with Crippen LogP contribution < -0.4 is 11.4 Å². The Labute approximate surface area is 105 Å². The topological polar surface area (TPSA) is 89.6 Å². The minimum absolute atomic E-state index is 0.118. The van der Waals surface area contributed by atoms with Crippen molar-refractivity contribution in [3.63, 3.8) is 0 Å². The lowest BCUT2D eigenvalue weighted by molar-refractivity contribution is 0.642. The predicted molar refractivity (Wildman–Crippen MR) is 67.2 cm³/mol. The first-order chi connectivity index (χ1) is 8.24. The molecule has 3 rings (SSSR count). The molecule has 2 heterocycles. The van der Waals surface area contributed by atoms with E-state index < -0.39 is 0 Å². The SMILES string of the molecule is Nc1nc(CSc2n[nH]c(=O)n2C2CC2)cs1. The molecular formula is C9H11N5OS2. The molecule has 0 atom stereocenters. The van der Waals surface area contributed by atoms with Crippen LogP contribution in [0.3, 0.4) is 0 Å². The third kappa shape index (κ3) is 2.22. The van der Waals surface area contributed by atoms with Gasteiger partial charge in [0.25, 0.3) is 0 Å². The lowest BCUT2D eigenvalue weighted by Crippen LogP contribution is -2.16. The van der Waals surface area contributed by atoms with Crippen LogP contribution in [0.1, 0.15) is 24.6 Å². The summed E-state index contributed by atoms with van der Waals surface area (Å²) in [6.07, 6.45) is 2.13. The van der Waals surface area contributed by atoms with Gasteiger partial charge in [0.15, 0.2) is 10.3 Å². The Hall–Kier alpha value is -1.28. The molecule has 17 heavy (non-hydrogen) atoms. The molecule has 0 unspecified atom stereocenters. The van der Waals surface area contributed by atoms with Gasteiger partial charge in [-0.05, 0) is 12.8 Å². The number of nitrogens with two attached hydrogens (primary N) is 1. The molecule has 0 radical (unpaired) electrons. The predicted octanol–water partition coefficient (Wildman–Crippen LogP) is 1.24. The van der Waals surface area contributed by atoms with E-state index in [0.29, 0.717) is 16.9 Å². The molecule has 3 N–H and O–H groups in total. The first-order valence-corrected chi connectivity index (χ1v) is 7.10. The van der Waals surface area contributed by atoms with E-state index in [9.17, 15) is 4.79 Å². The first kappa shape index (κ1) is 10.8. The van der Waals surface area contributed by atoms with Gasteiger partial charge in [-0.15, -0.1) is 16.4 Å². The number of nitrogens with one attached hydrogen (secondary N) is 1. The summed E-state index contributed by atoms with van der Waals surface area (Å²) >= 11 is 2.94. The number of hydrogen-bond donors (Lipinski definition) is 2. The molecule has 0 saturated heterocycles. The second-order valence-corrected chi connectivity index (χ2v) is 5.71. The van der Waals surface area contributed by atoms with Gasteiger partial charge in [0.05, 0.1) is 5.69 Å². The van der Waals surface area contributed by atoms with Gasteiger partial charge in [0.2, 0.25) is 0 Å². The maximum absolute atomic E-state index is 11.5. The largest absolute Gasteiger partial charge is 0.375 e. The number of nitrogens with zero attached hydrogens (tertiary/aromatic N) is 3. The number of thiazole rings is 1. The zero-order valence-corrected chi connectivity index (χ0v) is 10.6. The quantitative estimate of drug-likeness (QED) is 0.815. The minimum atomic E-state index is -0.118. The smallest absolute Gasteiger partial charge is 0.344 e. The number of anilines is 1. The average molecular weight is 269 g/mol. The number of H-pyrrole nitrogens is 1. The van der Waals surface area contributed by atoms with E-state index >= 15 is 0 Å². The highest BCUT2D eigenvalue weighted by molar-refractivity contribution is 7.98. The third-order valence-corrected chi connectivity index (χ3v) is 4.21. The lowest BCUT2D eigenvalue weighted by Gasteiger charge is -2.01. The van der Waals surface area contributed by atoms with E-state index in [1.165, 1.54) is 23.1 Å². The number of hydrogen-bond acceptors (Lipinski definition) is 6. The van der Waals surface area contributed by atoms with Crippen LogP contribution in [0.15, 0.2) is 15.3 Å². The number of aromatic amines is 1. The second kappa shape index (κ2) is 4.19. The highest BCUT2D eigenvalue weighted by Gasteiger charge is 2.28. The van der Waals surface area contributed by atoms with Crippen molar-refractivity contribution in [3.8, 4) is 0 Å². The molecule has 0 spiro atoms. The normalized spacial score (nSPS) is 15.3. The van der Waals surface area contributed by atoms with Crippen LogP contribution in [0.4, 0.5) is 5.13 Å². The fraction of sp³-hybridized carbons (Fsp3) is 0.444. The molecule has 0 aliphatic heterocycles. The van der Waals surface area contributed by atoms with Crippen molar-refractivity contribution in [3.05, 3.63) is 21.6 Å². The van der Waals surface area contributed by atoms with Crippen LogP contribution in [0, 0.1) is 0 Å². The van der Waals surface area contributed by atoms with Gasteiger partial charge in [-0.1, -0.05) is 11.8 Å². The van der Waals surface area contributed by atoms with Gasteiger partial charge in [0, 0.05) is 17.2 Å². The van der Waals surface area contributed by atoms with Crippen LogP contribution in [0.25, 0.3) is 0 Å². The molecule has 8 heteroatoms. The maximum Gasteiger partial charge on any atom is 0.344 e. The zero-order chi connectivity index (χ0) is 11.8. The molecule has 1 fully saturated rings. The minimum Gasteiger partial charge on any atom is -0.375 e. The Balaban J connectivity index is 1.75. The van der Waals surface area contributed by atoms with E-state index in [1.54, 1.807) is 4.57 Å². The van der Waals surface area contributed by atoms with Crippen molar-refractivity contribution < 1.29 is 0 Å². The summed E-state index contributed by atoms with van der Waals surface area (Å²) in [6.45, 7) is 0. The molecule has 0 aromatic carbocycles. The molecule has 2 aromatic heterocycles. The Morgan fingerprint density at radius 3 is 3.12 bits per heavy atom. The first-order valence-electron chi connectivity index (χ1n) is 5.23. The summed E-state index contributed by atoms with van der Waals surface area (Å²) in [6, 6.07) is 0.337. The summed E-state index contributed by atoms with van der Waals surface area (Å²) < 4.78 is 1.74. The molecule has 1 aliphatic carbocycles. The van der Waals surface area contributed by atoms with E-state index in [4.69, 9.17) is 5.73 Å². The van der Waals surface area contributed by atoms with E-state index in [-0.39, 0.29) is 5.69 Å². The molecule has 0 bridgehead atoms. The van der Waals surface area contributed by atoms with Crippen molar-refractivity contribution in [2.45, 2.75) is 29.8 Å². The second-order valence-electron chi connectivity index (χ2n) is 3.88. The molecule has 1 aliphatic rings. The average Bonchev–Trinajstić information content (AvgIpc) is 2.95. The van der Waals surface area contributed by atoms with Gasteiger partial charge in [0.1, 0.15) is 0 Å². The summed E-state index contributed by atoms with van der Waals surface area (Å²) in [5.74, 6) is 0.685. The fourth-order valence-corrected chi connectivity index (χ4v) is 3.15. The highest BCUT2D eigenvalue weighted by atomic mass is 32.2. The molecule has 1 saturated carbocycles. The van der Waals surface area contributed by atoms with Crippen LogP contribution in [-0.4, -0.2) is 19.7 Å². The number of rotatable bonds is 4. The van der Waals surface area contributed by atoms with Gasteiger partial charge in [-0.2, -0.15) is 0 Å². The van der Waals surface area contributed by atoms with E-state index in [1.807, 2.05) is 5.38 Å². The molecule has 6 nitrogen and oxygen atoms in total. The van der Waals surface area contributed by atoms with Gasteiger partial charge >= 0.3 is 5.69 Å². The van der Waals surface area contributed by atoms with Crippen LogP contribution in [-0.2, 0) is 5.75 Å². The fourth-order valence-electron chi connectivity index (χ4n) is 1.57. The number of thioether (sulfide) groups is 1. The summed E-state index contributed by atoms with van der Waals surface area (Å²) in [5, 5.41) is 9.76.